The second-order valence-corrected chi connectivity index (χ2v) is 9.83. The van der Waals surface area contributed by atoms with Crippen molar-refractivity contribution in [3.05, 3.63) is 58.9 Å². The highest BCUT2D eigenvalue weighted by molar-refractivity contribution is 7.92. The van der Waals surface area contributed by atoms with Crippen LogP contribution in [0.2, 0.25) is 0 Å². The monoisotopic (exact) mass is 506 g/mol. The fourth-order valence-electron chi connectivity index (χ4n) is 4.05. The topological polar surface area (TPSA) is 117 Å². The lowest BCUT2D eigenvalue weighted by molar-refractivity contribution is -0.117. The van der Waals surface area contributed by atoms with Crippen molar-refractivity contribution < 1.29 is 31.9 Å². The summed E-state index contributed by atoms with van der Waals surface area (Å²) in [6, 6.07) is 10.4. The number of nitrogens with zero attached hydrogens (tertiary/aromatic N) is 2. The minimum atomic E-state index is -4.28. The van der Waals surface area contributed by atoms with E-state index in [9.17, 15) is 18.0 Å². The van der Waals surface area contributed by atoms with Gasteiger partial charge in [0.2, 0.25) is 0 Å². The largest absolute Gasteiger partial charge is 0.487 e. The molecule has 3 amide bonds. The Kier molecular flexibility index (Phi) is 7.41. The zero-order chi connectivity index (χ0) is 25.0. The van der Waals surface area contributed by atoms with Crippen molar-refractivity contribution in [2.24, 2.45) is 0 Å². The van der Waals surface area contributed by atoms with E-state index in [1.165, 1.54) is 4.90 Å². The van der Waals surface area contributed by atoms with Gasteiger partial charge in [-0.3, -0.25) is 4.79 Å². The maximum absolute atomic E-state index is 16.0. The van der Waals surface area contributed by atoms with E-state index in [0.717, 1.165) is 5.56 Å². The smallest absolute Gasteiger partial charge is 0.326 e. The van der Waals surface area contributed by atoms with E-state index in [2.05, 4.69) is 5.32 Å². The minimum Gasteiger partial charge on any atom is -0.487 e. The molecule has 1 fully saturated rings. The van der Waals surface area contributed by atoms with Gasteiger partial charge in [0.1, 0.15) is 24.6 Å². The summed E-state index contributed by atoms with van der Waals surface area (Å²) in [5, 5.41) is 2.77. The second-order valence-electron chi connectivity index (χ2n) is 8.24. The van der Waals surface area contributed by atoms with Crippen LogP contribution >= 0.6 is 0 Å². The summed E-state index contributed by atoms with van der Waals surface area (Å²) in [5.74, 6) is -1.58. The van der Waals surface area contributed by atoms with Crippen LogP contribution in [0.4, 0.5) is 14.9 Å². The van der Waals surface area contributed by atoms with Gasteiger partial charge in [-0.1, -0.05) is 30.3 Å². The summed E-state index contributed by atoms with van der Waals surface area (Å²) in [5.41, 5.74) is 1.28. The van der Waals surface area contributed by atoms with Crippen LogP contribution in [0.1, 0.15) is 23.1 Å². The molecule has 2 aliphatic heterocycles. The fourth-order valence-corrected chi connectivity index (χ4v) is 5.21. The molecule has 12 heteroatoms. The summed E-state index contributed by atoms with van der Waals surface area (Å²) in [7, 11) is -2.71. The number of methoxy groups -OCH3 is 1. The Labute approximate surface area is 203 Å². The second kappa shape index (κ2) is 10.5. The molecule has 4 rings (SSSR count). The number of halogens is 1. The maximum Gasteiger partial charge on any atom is 0.326 e. The quantitative estimate of drug-likeness (QED) is 0.527. The van der Waals surface area contributed by atoms with Crippen LogP contribution in [0.5, 0.6) is 5.75 Å². The van der Waals surface area contributed by atoms with Crippen molar-refractivity contribution in [1.82, 2.24) is 14.9 Å². The molecule has 0 spiro atoms. The molecule has 35 heavy (non-hydrogen) atoms. The number of urea groups is 1. The Morgan fingerprint density at radius 3 is 2.69 bits per heavy atom. The number of amides is 3. The number of anilines is 1. The molecular weight excluding hydrogens is 479 g/mol. The number of carbonyl (C=O) groups excluding carboxylic acids is 2. The highest BCUT2D eigenvalue weighted by Gasteiger charge is 2.39. The van der Waals surface area contributed by atoms with Gasteiger partial charge in [-0.25, -0.2) is 18.2 Å². The number of ether oxygens (including phenoxy) is 2. The standard InChI is InChI=1S/C23H27FN4O6S/c1-33-11-5-9-25-23(30)27-10-8-17-12-19(34-15-16-6-3-2-4-7-16)22(21(24)18(17)13-27)28-14-20(29)26-35(28,31)32/h2-4,6-7,12H,5,8-11,13-15H2,1H3,(H,25,30)(H,26,29). The average Bonchev–Trinajstić information content (AvgIpc) is 3.12. The number of rotatable bonds is 8. The van der Waals surface area contributed by atoms with Crippen LogP contribution < -0.4 is 19.1 Å². The molecule has 2 aromatic carbocycles. The molecule has 0 aliphatic carbocycles. The molecule has 0 unspecified atom stereocenters. The van der Waals surface area contributed by atoms with Crippen LogP contribution in [-0.4, -0.2) is 58.6 Å². The van der Waals surface area contributed by atoms with E-state index < -0.39 is 28.5 Å². The minimum absolute atomic E-state index is 0.0163. The molecule has 2 aromatic rings. The van der Waals surface area contributed by atoms with E-state index in [-0.39, 0.29) is 36.2 Å². The van der Waals surface area contributed by atoms with Gasteiger partial charge in [0.15, 0.2) is 5.82 Å². The Bertz CT molecular complexity index is 1210. The average molecular weight is 507 g/mol. The third-order valence-corrected chi connectivity index (χ3v) is 7.17. The molecule has 0 saturated carbocycles. The van der Waals surface area contributed by atoms with Gasteiger partial charge in [0, 0.05) is 32.4 Å². The summed E-state index contributed by atoms with van der Waals surface area (Å²) in [6.07, 6.45) is 1.00. The van der Waals surface area contributed by atoms with Crippen LogP contribution in [0.15, 0.2) is 36.4 Å². The summed E-state index contributed by atoms with van der Waals surface area (Å²) >= 11 is 0. The van der Waals surface area contributed by atoms with Gasteiger partial charge in [0.25, 0.3) is 5.91 Å². The van der Waals surface area contributed by atoms with E-state index >= 15 is 4.39 Å². The van der Waals surface area contributed by atoms with E-state index in [4.69, 9.17) is 9.47 Å². The predicted molar refractivity (Wildman–Crippen MR) is 126 cm³/mol. The normalized spacial score (nSPS) is 16.6. The van der Waals surface area contributed by atoms with Gasteiger partial charge in [-0.15, -0.1) is 0 Å². The van der Waals surface area contributed by atoms with E-state index in [0.29, 0.717) is 42.4 Å². The zero-order valence-corrected chi connectivity index (χ0v) is 20.1. The van der Waals surface area contributed by atoms with Crippen LogP contribution in [0.25, 0.3) is 0 Å². The lowest BCUT2D eigenvalue weighted by Gasteiger charge is -2.31. The van der Waals surface area contributed by atoms with Crippen molar-refractivity contribution in [2.75, 3.05) is 37.7 Å². The van der Waals surface area contributed by atoms with Gasteiger partial charge in [-0.2, -0.15) is 8.42 Å². The highest BCUT2D eigenvalue weighted by atomic mass is 32.2. The van der Waals surface area contributed by atoms with Crippen molar-refractivity contribution >= 4 is 27.8 Å². The molecule has 2 aliphatic rings. The van der Waals surface area contributed by atoms with Gasteiger partial charge in [-0.05, 0) is 30.0 Å². The van der Waals surface area contributed by atoms with Crippen molar-refractivity contribution in [2.45, 2.75) is 26.0 Å². The fraction of sp³-hybridized carbons (Fsp3) is 0.391. The Balaban J connectivity index is 1.64. The molecule has 2 heterocycles. The lowest BCUT2D eigenvalue weighted by Crippen LogP contribution is -2.43. The Morgan fingerprint density at radius 1 is 1.23 bits per heavy atom. The van der Waals surface area contributed by atoms with Gasteiger partial charge >= 0.3 is 16.2 Å². The van der Waals surface area contributed by atoms with Gasteiger partial charge < -0.3 is 19.7 Å². The first kappa shape index (κ1) is 24.7. The molecule has 188 valence electrons. The third kappa shape index (κ3) is 5.49. The third-order valence-electron chi connectivity index (χ3n) is 5.79. The molecule has 0 atom stereocenters. The zero-order valence-electron chi connectivity index (χ0n) is 19.3. The molecule has 2 N–H and O–H groups in total. The lowest BCUT2D eigenvalue weighted by atomic mass is 9.97. The summed E-state index contributed by atoms with van der Waals surface area (Å²) in [6.45, 7) is 0.751. The van der Waals surface area contributed by atoms with Crippen LogP contribution in [-0.2, 0) is 39.3 Å². The van der Waals surface area contributed by atoms with E-state index in [1.807, 2.05) is 35.1 Å². The maximum atomic E-state index is 16.0. The number of carbonyl (C=O) groups is 2. The van der Waals surface area contributed by atoms with Crippen LogP contribution in [0.3, 0.4) is 0 Å². The summed E-state index contributed by atoms with van der Waals surface area (Å²) in [4.78, 5) is 25.9. The Morgan fingerprint density at radius 2 is 2.00 bits per heavy atom. The van der Waals surface area contributed by atoms with E-state index in [1.54, 1.807) is 13.2 Å². The predicted octanol–water partition coefficient (Wildman–Crippen LogP) is 1.69. The molecule has 0 radical (unpaired) electrons. The summed E-state index contributed by atoms with van der Waals surface area (Å²) < 4.78 is 54.4. The first-order valence-corrected chi connectivity index (χ1v) is 12.6. The highest BCUT2D eigenvalue weighted by Crippen LogP contribution is 2.40. The SMILES string of the molecule is COCCCNC(=O)N1CCc2cc(OCc3ccccc3)c(N3CC(=O)NS3(=O)=O)c(F)c2C1. The number of benzene rings is 2. The molecular formula is C23H27FN4O6S. The molecule has 10 nitrogen and oxygen atoms in total. The van der Waals surface area contributed by atoms with Crippen molar-refractivity contribution in [3.8, 4) is 5.75 Å². The van der Waals surface area contributed by atoms with Crippen LogP contribution in [0, 0.1) is 5.82 Å². The number of hydrogen-bond donors (Lipinski definition) is 2. The number of nitrogens with one attached hydrogen (secondary N) is 2. The first-order chi connectivity index (χ1) is 16.8. The molecule has 0 aromatic heterocycles. The van der Waals surface area contributed by atoms with Crippen molar-refractivity contribution in [1.29, 1.82) is 0 Å². The van der Waals surface area contributed by atoms with Crippen molar-refractivity contribution in [3.63, 3.8) is 0 Å². The van der Waals surface area contributed by atoms with Gasteiger partial charge in [0.05, 0.1) is 6.54 Å². The molecule has 0 bridgehead atoms. The molecule has 1 saturated heterocycles. The number of fused-ring (bicyclic) bond motifs is 1. The Hall–Kier alpha value is -3.38. The number of hydrogen-bond acceptors (Lipinski definition) is 6. The first-order valence-electron chi connectivity index (χ1n) is 11.2.